The molecular formula is C19H28N2O5S. The first-order valence-electron chi connectivity index (χ1n) is 8.86. The summed E-state index contributed by atoms with van der Waals surface area (Å²) in [5.41, 5.74) is 1.02. The molecule has 1 amide bonds. The van der Waals surface area contributed by atoms with Gasteiger partial charge in [-0.1, -0.05) is 26.0 Å². The van der Waals surface area contributed by atoms with Crippen LogP contribution in [0.1, 0.15) is 38.1 Å². The molecule has 0 atom stereocenters. The van der Waals surface area contributed by atoms with Gasteiger partial charge in [0.2, 0.25) is 10.0 Å². The highest BCUT2D eigenvalue weighted by molar-refractivity contribution is 7.89. The third-order valence-corrected chi connectivity index (χ3v) is 6.02. The molecule has 8 heteroatoms. The van der Waals surface area contributed by atoms with Crippen LogP contribution in [-0.2, 0) is 19.6 Å². The molecule has 0 fully saturated rings. The Labute approximate surface area is 161 Å². The van der Waals surface area contributed by atoms with Crippen molar-refractivity contribution in [2.75, 3.05) is 32.8 Å². The average molecular weight is 397 g/mol. The molecule has 0 bridgehead atoms. The van der Waals surface area contributed by atoms with E-state index >= 15 is 0 Å². The van der Waals surface area contributed by atoms with Gasteiger partial charge < -0.3 is 9.64 Å². The predicted octanol–water partition coefficient (Wildman–Crippen LogP) is 2.30. The number of nitrogens with zero attached hydrogens (tertiary/aromatic N) is 2. The van der Waals surface area contributed by atoms with Crippen LogP contribution in [0.2, 0.25) is 0 Å². The number of ether oxygens (including phenoxy) is 1. The van der Waals surface area contributed by atoms with Crippen LogP contribution < -0.4 is 0 Å². The fourth-order valence-electron chi connectivity index (χ4n) is 2.48. The minimum atomic E-state index is -3.58. The van der Waals surface area contributed by atoms with Gasteiger partial charge in [0.05, 0.1) is 10.5 Å². The highest BCUT2D eigenvalue weighted by atomic mass is 32.2. The van der Waals surface area contributed by atoms with Gasteiger partial charge in [-0.15, -0.1) is 0 Å². The van der Waals surface area contributed by atoms with Crippen LogP contribution in [0.3, 0.4) is 0 Å². The number of hydrogen-bond acceptors (Lipinski definition) is 5. The standard InChI is InChI=1S/C19H28N2O5S/c1-6-20(13-15(4)5)18(22)14-26-19(23)16-9-11-17(12-10-16)27(24,25)21(7-2)8-3/h9-12H,4,6-8,13-14H2,1-3,5H3. The number of esters is 1. The molecule has 1 aromatic carbocycles. The van der Waals surface area contributed by atoms with Gasteiger partial charge in [-0.25, -0.2) is 13.2 Å². The molecule has 0 radical (unpaired) electrons. The summed E-state index contributed by atoms with van der Waals surface area (Å²) < 4.78 is 31.3. The molecule has 150 valence electrons. The van der Waals surface area contributed by atoms with Crippen LogP contribution >= 0.6 is 0 Å². The number of sulfonamides is 1. The molecule has 0 spiro atoms. The number of carbonyl (C=O) groups is 2. The first kappa shape index (κ1) is 22.9. The van der Waals surface area contributed by atoms with Crippen LogP contribution in [0.4, 0.5) is 0 Å². The van der Waals surface area contributed by atoms with E-state index < -0.39 is 16.0 Å². The molecule has 0 N–H and O–H groups in total. The molecular weight excluding hydrogens is 368 g/mol. The maximum Gasteiger partial charge on any atom is 0.338 e. The van der Waals surface area contributed by atoms with E-state index in [2.05, 4.69) is 6.58 Å². The van der Waals surface area contributed by atoms with Crippen molar-refractivity contribution in [3.63, 3.8) is 0 Å². The van der Waals surface area contributed by atoms with E-state index in [1.165, 1.54) is 33.5 Å². The molecule has 0 aliphatic heterocycles. The molecule has 0 saturated carbocycles. The fourth-order valence-corrected chi connectivity index (χ4v) is 3.94. The van der Waals surface area contributed by atoms with E-state index in [0.717, 1.165) is 5.57 Å². The van der Waals surface area contributed by atoms with Crippen molar-refractivity contribution >= 4 is 21.9 Å². The van der Waals surface area contributed by atoms with Gasteiger partial charge in [-0.3, -0.25) is 4.79 Å². The largest absolute Gasteiger partial charge is 0.452 e. The quantitative estimate of drug-likeness (QED) is 0.448. The number of likely N-dealkylation sites (N-methyl/N-ethyl adjacent to an activating group) is 1. The van der Waals surface area contributed by atoms with Crippen LogP contribution in [0, 0.1) is 0 Å². The van der Waals surface area contributed by atoms with Crippen molar-refractivity contribution < 1.29 is 22.7 Å². The van der Waals surface area contributed by atoms with Gasteiger partial charge in [0.25, 0.3) is 5.91 Å². The summed E-state index contributed by atoms with van der Waals surface area (Å²) in [7, 11) is -3.58. The first-order valence-corrected chi connectivity index (χ1v) is 10.3. The Morgan fingerprint density at radius 3 is 2.04 bits per heavy atom. The third-order valence-electron chi connectivity index (χ3n) is 3.96. The minimum Gasteiger partial charge on any atom is -0.452 e. The van der Waals surface area contributed by atoms with Crippen molar-refractivity contribution in [3.8, 4) is 0 Å². The Balaban J connectivity index is 2.78. The summed E-state index contributed by atoms with van der Waals surface area (Å²) in [5.74, 6) is -0.990. The van der Waals surface area contributed by atoms with Crippen molar-refractivity contribution in [2.45, 2.75) is 32.6 Å². The van der Waals surface area contributed by atoms with E-state index in [0.29, 0.717) is 26.2 Å². The summed E-state index contributed by atoms with van der Waals surface area (Å²) in [6, 6.07) is 5.50. The van der Waals surface area contributed by atoms with Crippen LogP contribution in [0.5, 0.6) is 0 Å². The zero-order valence-corrected chi connectivity index (χ0v) is 17.2. The van der Waals surface area contributed by atoms with Gasteiger partial charge in [0.15, 0.2) is 6.61 Å². The monoisotopic (exact) mass is 396 g/mol. The predicted molar refractivity (Wildman–Crippen MR) is 104 cm³/mol. The van der Waals surface area contributed by atoms with E-state index in [4.69, 9.17) is 4.74 Å². The number of carbonyl (C=O) groups excluding carboxylic acids is 2. The lowest BCUT2D eigenvalue weighted by Gasteiger charge is -2.20. The van der Waals surface area contributed by atoms with Crippen molar-refractivity contribution in [1.29, 1.82) is 0 Å². The molecule has 0 aliphatic carbocycles. The Bertz CT molecular complexity index is 768. The number of amides is 1. The first-order chi connectivity index (χ1) is 12.7. The number of benzene rings is 1. The lowest BCUT2D eigenvalue weighted by molar-refractivity contribution is -0.133. The van der Waals surface area contributed by atoms with Gasteiger partial charge in [0.1, 0.15) is 0 Å². The van der Waals surface area contributed by atoms with Gasteiger partial charge in [0, 0.05) is 26.2 Å². The topological polar surface area (TPSA) is 84.0 Å². The Morgan fingerprint density at radius 1 is 1.04 bits per heavy atom. The third kappa shape index (κ3) is 6.18. The van der Waals surface area contributed by atoms with E-state index in [9.17, 15) is 18.0 Å². The maximum absolute atomic E-state index is 12.4. The molecule has 27 heavy (non-hydrogen) atoms. The van der Waals surface area contributed by atoms with Crippen LogP contribution in [0.15, 0.2) is 41.3 Å². The lowest BCUT2D eigenvalue weighted by Crippen LogP contribution is -2.35. The Kier molecular flexibility index (Phi) is 8.65. The normalized spacial score (nSPS) is 11.3. The smallest absolute Gasteiger partial charge is 0.338 e. The summed E-state index contributed by atoms with van der Waals surface area (Å²) in [6.07, 6.45) is 0. The zero-order valence-electron chi connectivity index (χ0n) is 16.4. The molecule has 0 aromatic heterocycles. The molecule has 7 nitrogen and oxygen atoms in total. The molecule has 0 aliphatic rings. The molecule has 1 aromatic rings. The summed E-state index contributed by atoms with van der Waals surface area (Å²) in [6.45, 7) is 12.2. The highest BCUT2D eigenvalue weighted by Crippen LogP contribution is 2.16. The van der Waals surface area contributed by atoms with Crippen molar-refractivity contribution in [1.82, 2.24) is 9.21 Å². The summed E-state index contributed by atoms with van der Waals surface area (Å²) >= 11 is 0. The van der Waals surface area contributed by atoms with Crippen LogP contribution in [-0.4, -0.2) is 62.3 Å². The van der Waals surface area contributed by atoms with Crippen LogP contribution in [0.25, 0.3) is 0 Å². The molecule has 0 heterocycles. The van der Waals surface area contributed by atoms with E-state index in [1.54, 1.807) is 13.8 Å². The van der Waals surface area contributed by atoms with E-state index in [1.807, 2.05) is 13.8 Å². The second-order valence-electron chi connectivity index (χ2n) is 6.05. The number of hydrogen-bond donors (Lipinski definition) is 0. The molecule has 0 saturated heterocycles. The van der Waals surface area contributed by atoms with Gasteiger partial charge >= 0.3 is 5.97 Å². The Morgan fingerprint density at radius 2 is 1.59 bits per heavy atom. The Hall–Kier alpha value is -2.19. The average Bonchev–Trinajstić information content (AvgIpc) is 2.64. The molecule has 1 rings (SSSR count). The summed E-state index contributed by atoms with van der Waals surface area (Å²) in [4.78, 5) is 25.9. The van der Waals surface area contributed by atoms with E-state index in [-0.39, 0.29) is 23.0 Å². The zero-order chi connectivity index (χ0) is 20.6. The SMILES string of the molecule is C=C(C)CN(CC)C(=O)COC(=O)c1ccc(S(=O)(=O)N(CC)CC)cc1. The van der Waals surface area contributed by atoms with Crippen molar-refractivity contribution in [3.05, 3.63) is 42.0 Å². The van der Waals surface area contributed by atoms with Gasteiger partial charge in [-0.05, 0) is 38.1 Å². The number of rotatable bonds is 10. The lowest BCUT2D eigenvalue weighted by atomic mass is 10.2. The maximum atomic E-state index is 12.4. The van der Waals surface area contributed by atoms with Gasteiger partial charge in [-0.2, -0.15) is 4.31 Å². The summed E-state index contributed by atoms with van der Waals surface area (Å²) in [5, 5.41) is 0. The fraction of sp³-hybridized carbons (Fsp3) is 0.474. The highest BCUT2D eigenvalue weighted by Gasteiger charge is 2.22. The van der Waals surface area contributed by atoms with Crippen molar-refractivity contribution in [2.24, 2.45) is 0 Å². The molecule has 0 unspecified atom stereocenters. The minimum absolute atomic E-state index is 0.109. The second-order valence-corrected chi connectivity index (χ2v) is 7.99. The second kappa shape index (κ2) is 10.2.